The van der Waals surface area contributed by atoms with Gasteiger partial charge in [-0.25, -0.2) is 8.42 Å². The average molecular weight is 322 g/mol. The summed E-state index contributed by atoms with van der Waals surface area (Å²) < 4.78 is 26.1. The van der Waals surface area contributed by atoms with Crippen LogP contribution in [0, 0.1) is 0 Å². The van der Waals surface area contributed by atoms with Gasteiger partial charge in [0.2, 0.25) is 15.9 Å². The van der Waals surface area contributed by atoms with Crippen molar-refractivity contribution < 1.29 is 13.2 Å². The Morgan fingerprint density at radius 2 is 2.05 bits per heavy atom. The third-order valence-electron chi connectivity index (χ3n) is 4.65. The van der Waals surface area contributed by atoms with Crippen LogP contribution >= 0.6 is 0 Å². The summed E-state index contributed by atoms with van der Waals surface area (Å²) >= 11 is 0. The monoisotopic (exact) mass is 322 g/mol. The number of carbonyl (C=O) groups is 1. The molecule has 0 bridgehead atoms. The van der Waals surface area contributed by atoms with Crippen molar-refractivity contribution in [3.63, 3.8) is 0 Å². The lowest BCUT2D eigenvalue weighted by atomic mass is 9.98. The average Bonchev–Trinajstić information content (AvgIpc) is 3.09. The van der Waals surface area contributed by atoms with E-state index in [1.54, 1.807) is 11.2 Å². The molecule has 3 rings (SSSR count). The van der Waals surface area contributed by atoms with Gasteiger partial charge in [-0.15, -0.1) is 0 Å². The molecule has 0 aromatic heterocycles. The van der Waals surface area contributed by atoms with Crippen molar-refractivity contribution in [3.8, 4) is 0 Å². The highest BCUT2D eigenvalue weighted by atomic mass is 32.2. The topological polar surface area (TPSA) is 57.7 Å². The molecule has 0 radical (unpaired) electrons. The van der Waals surface area contributed by atoms with Gasteiger partial charge in [-0.3, -0.25) is 9.10 Å². The molecule has 0 unspecified atom stereocenters. The first kappa shape index (κ1) is 15.3. The van der Waals surface area contributed by atoms with Gasteiger partial charge in [-0.05, 0) is 31.4 Å². The van der Waals surface area contributed by atoms with E-state index in [2.05, 4.69) is 0 Å². The Bertz CT molecular complexity index is 672. The maximum absolute atomic E-state index is 12.3. The smallest absolute Gasteiger partial charge is 0.234 e. The summed E-state index contributed by atoms with van der Waals surface area (Å²) in [4.78, 5) is 13.6. The van der Waals surface area contributed by atoms with Crippen molar-refractivity contribution in [1.82, 2.24) is 4.90 Å². The molecule has 120 valence electrons. The van der Waals surface area contributed by atoms with E-state index in [1.807, 2.05) is 29.2 Å². The molecule has 5 nitrogen and oxygen atoms in total. The lowest BCUT2D eigenvalue weighted by molar-refractivity contribution is -0.127. The molecule has 0 saturated carbocycles. The van der Waals surface area contributed by atoms with Gasteiger partial charge >= 0.3 is 0 Å². The second-order valence-electron chi connectivity index (χ2n) is 5.96. The SMILES string of the molecule is CCS(=O)(=O)N1C[C@@H](CCN2CCCC2=O)c2ccccc21. The number of hydrogen-bond donors (Lipinski definition) is 0. The highest BCUT2D eigenvalue weighted by Gasteiger charge is 2.35. The Morgan fingerprint density at radius 1 is 1.27 bits per heavy atom. The van der Waals surface area contributed by atoms with Crippen LogP contribution in [0.1, 0.15) is 37.7 Å². The molecular formula is C16H22N2O3S. The summed E-state index contributed by atoms with van der Waals surface area (Å²) in [5.41, 5.74) is 1.90. The molecule has 6 heteroatoms. The first-order chi connectivity index (χ1) is 10.5. The van der Waals surface area contributed by atoms with Crippen molar-refractivity contribution in [2.24, 2.45) is 0 Å². The zero-order valence-corrected chi connectivity index (χ0v) is 13.7. The van der Waals surface area contributed by atoms with Crippen molar-refractivity contribution in [2.45, 2.75) is 32.1 Å². The summed E-state index contributed by atoms with van der Waals surface area (Å²) in [6.07, 6.45) is 2.41. The zero-order chi connectivity index (χ0) is 15.7. The van der Waals surface area contributed by atoms with E-state index in [1.165, 1.54) is 0 Å². The number of fused-ring (bicyclic) bond motifs is 1. The van der Waals surface area contributed by atoms with E-state index in [0.29, 0.717) is 13.0 Å². The number of sulfonamides is 1. The molecule has 1 saturated heterocycles. The minimum absolute atomic E-state index is 0.110. The molecule has 2 heterocycles. The van der Waals surface area contributed by atoms with E-state index in [9.17, 15) is 13.2 Å². The number of likely N-dealkylation sites (tertiary alicyclic amines) is 1. The van der Waals surface area contributed by atoms with Gasteiger partial charge in [0.25, 0.3) is 0 Å². The minimum atomic E-state index is -3.24. The van der Waals surface area contributed by atoms with Gasteiger partial charge in [0.05, 0.1) is 11.4 Å². The fraction of sp³-hybridized carbons (Fsp3) is 0.562. The largest absolute Gasteiger partial charge is 0.343 e. The number of para-hydroxylation sites is 1. The minimum Gasteiger partial charge on any atom is -0.343 e. The lowest BCUT2D eigenvalue weighted by Gasteiger charge is -2.20. The van der Waals surface area contributed by atoms with Crippen LogP contribution in [0.25, 0.3) is 0 Å². The van der Waals surface area contributed by atoms with E-state index in [0.717, 1.165) is 37.2 Å². The summed E-state index contributed by atoms with van der Waals surface area (Å²) in [5, 5.41) is 0. The summed E-state index contributed by atoms with van der Waals surface area (Å²) in [7, 11) is -3.24. The van der Waals surface area contributed by atoms with Gasteiger partial charge in [0, 0.05) is 32.0 Å². The maximum Gasteiger partial charge on any atom is 0.234 e. The van der Waals surface area contributed by atoms with Gasteiger partial charge < -0.3 is 4.90 Å². The Kier molecular flexibility index (Phi) is 4.12. The highest BCUT2D eigenvalue weighted by Crippen LogP contribution is 2.39. The zero-order valence-electron chi connectivity index (χ0n) is 12.9. The Labute approximate surface area is 132 Å². The molecule has 22 heavy (non-hydrogen) atoms. The second-order valence-corrected chi connectivity index (χ2v) is 8.14. The predicted octanol–water partition coefficient (Wildman–Crippen LogP) is 1.95. The fourth-order valence-corrected chi connectivity index (χ4v) is 4.56. The van der Waals surface area contributed by atoms with Crippen molar-refractivity contribution in [3.05, 3.63) is 29.8 Å². The number of rotatable bonds is 5. The van der Waals surface area contributed by atoms with Gasteiger partial charge in [0.1, 0.15) is 0 Å². The molecule has 1 aromatic carbocycles. The first-order valence-electron chi connectivity index (χ1n) is 7.90. The number of hydrogen-bond acceptors (Lipinski definition) is 3. The number of anilines is 1. The normalized spacial score (nSPS) is 21.5. The van der Waals surface area contributed by atoms with E-state index < -0.39 is 10.0 Å². The third-order valence-corrected chi connectivity index (χ3v) is 6.40. The van der Waals surface area contributed by atoms with Gasteiger partial charge in [0.15, 0.2) is 0 Å². The van der Waals surface area contributed by atoms with Crippen LogP contribution in [-0.2, 0) is 14.8 Å². The van der Waals surface area contributed by atoms with Crippen molar-refractivity contribution in [2.75, 3.05) is 29.7 Å². The van der Waals surface area contributed by atoms with Crippen molar-refractivity contribution >= 4 is 21.6 Å². The van der Waals surface area contributed by atoms with E-state index >= 15 is 0 Å². The maximum atomic E-state index is 12.3. The van der Waals surface area contributed by atoms with Crippen LogP contribution < -0.4 is 4.31 Å². The third kappa shape index (κ3) is 2.72. The molecule has 2 aliphatic heterocycles. The molecule has 0 spiro atoms. The van der Waals surface area contributed by atoms with Crippen LogP contribution in [0.4, 0.5) is 5.69 Å². The van der Waals surface area contributed by atoms with Crippen molar-refractivity contribution in [1.29, 1.82) is 0 Å². The number of carbonyl (C=O) groups excluding carboxylic acids is 1. The molecule has 1 aromatic rings. The number of nitrogens with zero attached hydrogens (tertiary/aromatic N) is 2. The highest BCUT2D eigenvalue weighted by molar-refractivity contribution is 7.92. The fourth-order valence-electron chi connectivity index (χ4n) is 3.37. The Hall–Kier alpha value is -1.56. The lowest BCUT2D eigenvalue weighted by Crippen LogP contribution is -2.32. The molecule has 2 aliphatic rings. The number of amides is 1. The van der Waals surface area contributed by atoms with Gasteiger partial charge in [-0.2, -0.15) is 0 Å². The van der Waals surface area contributed by atoms with Gasteiger partial charge in [-0.1, -0.05) is 18.2 Å². The van der Waals surface area contributed by atoms with Crippen LogP contribution in [0.15, 0.2) is 24.3 Å². The molecular weight excluding hydrogens is 300 g/mol. The first-order valence-corrected chi connectivity index (χ1v) is 9.51. The predicted molar refractivity (Wildman–Crippen MR) is 86.4 cm³/mol. The molecule has 1 atom stereocenters. The van der Waals surface area contributed by atoms with Crippen LogP contribution in [0.5, 0.6) is 0 Å². The summed E-state index contributed by atoms with van der Waals surface area (Å²) in [6.45, 7) is 3.73. The summed E-state index contributed by atoms with van der Waals surface area (Å²) in [5.74, 6) is 0.508. The molecule has 1 fully saturated rings. The Morgan fingerprint density at radius 3 is 2.73 bits per heavy atom. The van der Waals surface area contributed by atoms with E-state index in [-0.39, 0.29) is 17.6 Å². The van der Waals surface area contributed by atoms with E-state index in [4.69, 9.17) is 0 Å². The summed E-state index contributed by atoms with van der Waals surface area (Å²) in [6, 6.07) is 7.72. The standard InChI is InChI=1S/C16H22N2O3S/c1-2-22(20,21)18-12-13(14-6-3-4-7-15(14)18)9-11-17-10-5-8-16(17)19/h3-4,6-7,13H,2,5,8-12H2,1H3/t13-/m1/s1. The molecule has 1 amide bonds. The molecule has 0 N–H and O–H groups in total. The second kappa shape index (κ2) is 5.91. The van der Waals surface area contributed by atoms with Crippen LogP contribution in [0.3, 0.4) is 0 Å². The molecule has 0 aliphatic carbocycles. The van der Waals surface area contributed by atoms with Crippen LogP contribution in [0.2, 0.25) is 0 Å². The number of benzene rings is 1. The quantitative estimate of drug-likeness (QED) is 0.832. The Balaban J connectivity index is 1.78. The van der Waals surface area contributed by atoms with Crippen LogP contribution in [-0.4, -0.2) is 44.6 Å².